The maximum absolute atomic E-state index is 9.63. The zero-order chi connectivity index (χ0) is 4.99. The van der Waals surface area contributed by atoms with Gasteiger partial charge >= 0.3 is 40.4 Å². The molecule has 0 aromatic rings. The average Bonchev–Trinajstić information content (AvgIpc) is 1.35. The fourth-order valence-electron chi connectivity index (χ4n) is 0.123. The quantitative estimate of drug-likeness (QED) is 0.527. The van der Waals surface area contributed by atoms with E-state index >= 15 is 0 Å². The van der Waals surface area contributed by atoms with Gasteiger partial charge in [-0.25, -0.2) is 0 Å². The summed E-state index contributed by atoms with van der Waals surface area (Å²) in [6.45, 7) is 2.02. The van der Waals surface area contributed by atoms with Crippen LogP contribution in [0.2, 0.25) is 0 Å². The molecule has 0 aliphatic carbocycles. The van der Waals surface area contributed by atoms with E-state index in [1.165, 1.54) is 0 Å². The molecule has 0 fully saturated rings. The molecule has 1 N–H and O–H groups in total. The van der Waals surface area contributed by atoms with Crippen LogP contribution in [-0.4, -0.2) is 26.0 Å². The Morgan fingerprint density at radius 3 is 2.50 bits per heavy atom. The van der Waals surface area contributed by atoms with E-state index in [4.69, 9.17) is 4.10 Å². The molecule has 0 amide bonds. The predicted octanol–water partition coefficient (Wildman–Crippen LogP) is -0.837. The molecule has 0 aliphatic rings. The Morgan fingerprint density at radius 1 is 2.00 bits per heavy atom. The molecule has 1 atom stereocenters. The number of hydrogen-bond donors (Lipinski definition) is 1. The summed E-state index contributed by atoms with van der Waals surface area (Å²) in [5.41, 5.74) is 0. The van der Waals surface area contributed by atoms with Gasteiger partial charge in [-0.1, -0.05) is 0 Å². The van der Waals surface area contributed by atoms with E-state index in [1.807, 2.05) is 0 Å². The summed E-state index contributed by atoms with van der Waals surface area (Å²) >= 11 is -3.13. The molecule has 0 spiro atoms. The van der Waals surface area contributed by atoms with Crippen LogP contribution >= 0.6 is 0 Å². The van der Waals surface area contributed by atoms with Gasteiger partial charge in [0.25, 0.3) is 0 Å². The van der Waals surface area contributed by atoms with E-state index in [2.05, 4.69) is 3.73 Å². The van der Waals surface area contributed by atoms with Crippen molar-refractivity contribution in [2.45, 2.75) is 6.92 Å². The Balaban J connectivity index is 2.83. The molecule has 1 unspecified atom stereocenters. The van der Waals surface area contributed by atoms with Gasteiger partial charge < -0.3 is 0 Å². The Kier molecular flexibility index (Phi) is 3.63. The first-order valence-electron chi connectivity index (χ1n) is 1.63. The van der Waals surface area contributed by atoms with Crippen LogP contribution < -0.4 is 0 Å². The van der Waals surface area contributed by atoms with Crippen LogP contribution in [0.4, 0.5) is 0 Å². The summed E-state index contributed by atoms with van der Waals surface area (Å²) in [5, 5.41) is 0. The van der Waals surface area contributed by atoms with Crippen LogP contribution in [0.5, 0.6) is 0 Å². The van der Waals surface area contributed by atoms with Gasteiger partial charge in [0.05, 0.1) is 0 Å². The topological polar surface area (TPSA) is 46.5 Å². The van der Waals surface area contributed by atoms with Crippen LogP contribution in [0.15, 0.2) is 0 Å². The van der Waals surface area contributed by atoms with Crippen molar-refractivity contribution in [3.05, 3.63) is 0 Å². The van der Waals surface area contributed by atoms with Crippen molar-refractivity contribution >= 4 is 15.3 Å². The fourth-order valence-corrected chi connectivity index (χ4v) is 0.642. The summed E-state index contributed by atoms with van der Waals surface area (Å²) in [6.07, 6.45) is 0. The van der Waals surface area contributed by atoms with E-state index < -0.39 is 15.3 Å². The van der Waals surface area contributed by atoms with Gasteiger partial charge in [0.1, 0.15) is 0 Å². The Labute approximate surface area is 41.1 Å². The molecular formula is C2H7AsO3. The molecule has 0 rings (SSSR count). The molecular weight excluding hydrogens is 147 g/mol. The van der Waals surface area contributed by atoms with Crippen LogP contribution in [0.3, 0.4) is 0 Å². The molecule has 0 saturated carbocycles. The third-order valence-corrected chi connectivity index (χ3v) is 1.39. The third kappa shape index (κ3) is 4.28. The third-order valence-electron chi connectivity index (χ3n) is 0.268. The van der Waals surface area contributed by atoms with Crippen LogP contribution in [0.1, 0.15) is 6.92 Å². The zero-order valence-corrected chi connectivity index (χ0v) is 5.57. The van der Waals surface area contributed by atoms with Gasteiger partial charge in [0.2, 0.25) is 0 Å². The molecule has 0 aromatic carbocycles. The van der Waals surface area contributed by atoms with Crippen LogP contribution in [-0.2, 0) is 7.47 Å². The molecule has 0 radical (unpaired) electrons. The average molecular weight is 154 g/mol. The van der Waals surface area contributed by atoms with Crippen molar-refractivity contribution in [3.63, 3.8) is 0 Å². The van der Waals surface area contributed by atoms with E-state index in [1.54, 1.807) is 6.92 Å². The van der Waals surface area contributed by atoms with Gasteiger partial charge in [-0.2, -0.15) is 0 Å². The van der Waals surface area contributed by atoms with Crippen molar-refractivity contribution in [2.75, 3.05) is 6.61 Å². The molecule has 0 bridgehead atoms. The summed E-state index contributed by atoms with van der Waals surface area (Å²) in [6, 6.07) is 0. The second kappa shape index (κ2) is 3.47. The maximum atomic E-state index is 9.63. The zero-order valence-electron chi connectivity index (χ0n) is 3.47. The Hall–Kier alpha value is 0.278. The minimum absolute atomic E-state index is 0.343. The molecule has 3 nitrogen and oxygen atoms in total. The normalized spacial score (nSPS) is 14.3. The Bertz CT molecular complexity index is 52.8. The van der Waals surface area contributed by atoms with Gasteiger partial charge in [0, 0.05) is 0 Å². The first-order chi connectivity index (χ1) is 2.77. The van der Waals surface area contributed by atoms with E-state index in [0.29, 0.717) is 6.61 Å². The van der Waals surface area contributed by atoms with E-state index in [-0.39, 0.29) is 0 Å². The first kappa shape index (κ1) is 6.28. The molecule has 0 heterocycles. The molecule has 38 valence electrons. The van der Waals surface area contributed by atoms with Crippen molar-refractivity contribution in [1.82, 2.24) is 0 Å². The van der Waals surface area contributed by atoms with Gasteiger partial charge in [-0.05, 0) is 0 Å². The minimum atomic E-state index is -3.13. The van der Waals surface area contributed by atoms with Gasteiger partial charge in [-0.3, -0.25) is 0 Å². The van der Waals surface area contributed by atoms with Gasteiger partial charge in [0.15, 0.2) is 0 Å². The van der Waals surface area contributed by atoms with E-state index in [0.717, 1.165) is 0 Å². The molecule has 4 heteroatoms. The predicted molar refractivity (Wildman–Crippen MR) is 21.7 cm³/mol. The monoisotopic (exact) mass is 154 g/mol. The van der Waals surface area contributed by atoms with Crippen molar-refractivity contribution in [1.29, 1.82) is 0 Å². The summed E-state index contributed by atoms with van der Waals surface area (Å²) in [4.78, 5) is 0. The molecule has 0 aromatic heterocycles. The summed E-state index contributed by atoms with van der Waals surface area (Å²) in [7, 11) is 0. The fraction of sp³-hybridized carbons (Fsp3) is 1.00. The number of hydrogen-bond acceptors (Lipinski definition) is 2. The first-order valence-corrected chi connectivity index (χ1v) is 4.28. The molecule has 6 heavy (non-hydrogen) atoms. The van der Waals surface area contributed by atoms with Crippen LogP contribution in [0.25, 0.3) is 0 Å². The van der Waals surface area contributed by atoms with E-state index in [9.17, 15) is 3.74 Å². The summed E-state index contributed by atoms with van der Waals surface area (Å²) in [5.74, 6) is 0. The standard InChI is InChI=1S/C2H7AsO3/c1-2-6-3(4)5/h3H,2H2,1H3,(H,4,5). The molecule has 0 aliphatic heterocycles. The second-order valence-electron chi connectivity index (χ2n) is 0.699. The number of rotatable bonds is 2. The van der Waals surface area contributed by atoms with Crippen molar-refractivity contribution < 1.29 is 11.6 Å². The summed E-state index contributed by atoms with van der Waals surface area (Å²) < 4.78 is 21.8. The SMILES string of the molecule is CCO[AsH](=O)O. The second-order valence-corrected chi connectivity index (χ2v) is 2.42. The Morgan fingerprint density at radius 2 is 2.50 bits per heavy atom. The van der Waals surface area contributed by atoms with Crippen LogP contribution in [0, 0.1) is 0 Å². The van der Waals surface area contributed by atoms with Crippen molar-refractivity contribution in [3.8, 4) is 0 Å². The van der Waals surface area contributed by atoms with Gasteiger partial charge in [-0.15, -0.1) is 0 Å². The van der Waals surface area contributed by atoms with Crippen molar-refractivity contribution in [2.24, 2.45) is 0 Å². The molecule has 0 saturated heterocycles.